The van der Waals surface area contributed by atoms with E-state index in [4.69, 9.17) is 4.74 Å². The number of hydrogen-bond acceptors (Lipinski definition) is 3. The zero-order valence-corrected chi connectivity index (χ0v) is 18.5. The average Bonchev–Trinajstić information content (AvgIpc) is 3.01. The Bertz CT molecular complexity index is 1170. The first-order valence-electron chi connectivity index (χ1n) is 11.1. The molecular formula is C28H28N2O2. The minimum Gasteiger partial charge on any atom is -0.489 e. The van der Waals surface area contributed by atoms with Crippen LogP contribution < -0.4 is 15.0 Å². The Balaban J connectivity index is 1.44. The Morgan fingerprint density at radius 3 is 2.62 bits per heavy atom. The molecule has 1 fully saturated rings. The Hall–Kier alpha value is -3.53. The lowest BCUT2D eigenvalue weighted by Crippen LogP contribution is -2.68. The number of ether oxygens (including phenoxy) is 1. The number of nitrogens with zero attached hydrogens (tertiary/aromatic N) is 1. The molecule has 0 bridgehead atoms. The van der Waals surface area contributed by atoms with Crippen molar-refractivity contribution in [2.45, 2.75) is 38.0 Å². The van der Waals surface area contributed by atoms with Gasteiger partial charge in [-0.2, -0.15) is 0 Å². The lowest BCUT2D eigenvalue weighted by atomic mass is 9.74. The summed E-state index contributed by atoms with van der Waals surface area (Å²) in [5.74, 6) is 0.915. The van der Waals surface area contributed by atoms with Crippen molar-refractivity contribution < 1.29 is 9.53 Å². The quantitative estimate of drug-likeness (QED) is 0.605. The van der Waals surface area contributed by atoms with Crippen LogP contribution in [0.5, 0.6) is 5.75 Å². The van der Waals surface area contributed by atoms with Gasteiger partial charge in [-0.25, -0.2) is 0 Å². The summed E-state index contributed by atoms with van der Waals surface area (Å²) in [6, 6.07) is 26.7. The van der Waals surface area contributed by atoms with Crippen LogP contribution in [-0.4, -0.2) is 18.1 Å². The maximum Gasteiger partial charge on any atom is 0.223 e. The molecule has 1 atom stereocenters. The molecule has 1 amide bonds. The first-order valence-corrected chi connectivity index (χ1v) is 11.1. The lowest BCUT2D eigenvalue weighted by Gasteiger charge is -2.49. The van der Waals surface area contributed by atoms with Gasteiger partial charge in [0.25, 0.3) is 0 Å². The van der Waals surface area contributed by atoms with Crippen molar-refractivity contribution in [3.63, 3.8) is 0 Å². The summed E-state index contributed by atoms with van der Waals surface area (Å²) >= 11 is 0. The summed E-state index contributed by atoms with van der Waals surface area (Å²) in [6.07, 6.45) is 4.75. The van der Waals surface area contributed by atoms with E-state index in [0.717, 1.165) is 16.9 Å². The standard InChI is InChI=1S/C28H28N2O2/c1-27(2)24-13-6-7-14-25(24)30-18-16-26(31)29-28(27,30)17-15-21-11-8-12-23(19-21)32-20-22-9-4-3-5-10-22/h3-15,17,19H,16,18,20H2,1-2H3,(H,29,31)/b17-15+/t28-/m0/s1. The fourth-order valence-electron chi connectivity index (χ4n) is 4.98. The van der Waals surface area contributed by atoms with Gasteiger partial charge in [-0.05, 0) is 41.0 Å². The Kier molecular flexibility index (Phi) is 5.01. The largest absolute Gasteiger partial charge is 0.489 e. The fraction of sp³-hybridized carbons (Fsp3) is 0.250. The number of anilines is 1. The number of rotatable bonds is 5. The van der Waals surface area contributed by atoms with Gasteiger partial charge < -0.3 is 15.0 Å². The molecule has 0 aliphatic carbocycles. The smallest absolute Gasteiger partial charge is 0.223 e. The topological polar surface area (TPSA) is 41.6 Å². The first-order chi connectivity index (χ1) is 15.5. The second-order valence-corrected chi connectivity index (χ2v) is 9.04. The molecule has 0 radical (unpaired) electrons. The third-order valence-corrected chi connectivity index (χ3v) is 6.76. The number of hydrogen-bond donors (Lipinski definition) is 1. The molecule has 5 rings (SSSR count). The van der Waals surface area contributed by atoms with Crippen LogP contribution in [0.4, 0.5) is 5.69 Å². The second kappa shape index (κ2) is 7.86. The van der Waals surface area contributed by atoms with Gasteiger partial charge >= 0.3 is 0 Å². The number of amides is 1. The molecule has 3 aromatic carbocycles. The highest BCUT2D eigenvalue weighted by atomic mass is 16.5. The number of carbonyl (C=O) groups excluding carboxylic acids is 1. The van der Waals surface area contributed by atoms with Crippen molar-refractivity contribution in [1.82, 2.24) is 5.32 Å². The lowest BCUT2D eigenvalue weighted by molar-refractivity contribution is -0.124. The third kappa shape index (κ3) is 3.36. The molecule has 4 nitrogen and oxygen atoms in total. The second-order valence-electron chi connectivity index (χ2n) is 9.04. The normalized spacial score (nSPS) is 21.2. The van der Waals surface area contributed by atoms with Crippen LogP contribution in [0.1, 0.15) is 37.0 Å². The number of para-hydroxylation sites is 1. The molecule has 1 N–H and O–H groups in total. The van der Waals surface area contributed by atoms with Gasteiger partial charge in [0.15, 0.2) is 0 Å². The molecule has 1 saturated heterocycles. The molecule has 2 aliphatic heterocycles. The molecule has 2 aliphatic rings. The van der Waals surface area contributed by atoms with Crippen LogP contribution in [0.25, 0.3) is 6.08 Å². The van der Waals surface area contributed by atoms with E-state index in [1.807, 2.05) is 36.4 Å². The van der Waals surface area contributed by atoms with Crippen molar-refractivity contribution in [3.8, 4) is 5.75 Å². The predicted octanol–water partition coefficient (Wildman–Crippen LogP) is 5.29. The minimum atomic E-state index is -0.604. The van der Waals surface area contributed by atoms with E-state index in [-0.39, 0.29) is 11.3 Å². The van der Waals surface area contributed by atoms with Gasteiger partial charge in [0.05, 0.1) is 0 Å². The van der Waals surface area contributed by atoms with E-state index >= 15 is 0 Å². The van der Waals surface area contributed by atoms with Gasteiger partial charge in [-0.3, -0.25) is 4.79 Å². The van der Waals surface area contributed by atoms with Crippen LogP contribution in [0.3, 0.4) is 0 Å². The molecule has 4 heteroatoms. The fourth-order valence-corrected chi connectivity index (χ4v) is 4.98. The summed E-state index contributed by atoms with van der Waals surface area (Å²) in [7, 11) is 0. The molecular weight excluding hydrogens is 396 g/mol. The van der Waals surface area contributed by atoms with E-state index < -0.39 is 5.66 Å². The molecule has 3 aromatic rings. The van der Waals surface area contributed by atoms with Crippen LogP contribution in [0.15, 0.2) is 84.9 Å². The van der Waals surface area contributed by atoms with E-state index in [0.29, 0.717) is 19.6 Å². The molecule has 32 heavy (non-hydrogen) atoms. The minimum absolute atomic E-state index is 0.0896. The Morgan fingerprint density at radius 1 is 1.00 bits per heavy atom. The van der Waals surface area contributed by atoms with E-state index in [9.17, 15) is 4.79 Å². The van der Waals surface area contributed by atoms with Gasteiger partial charge in [0.1, 0.15) is 18.0 Å². The monoisotopic (exact) mass is 424 g/mol. The summed E-state index contributed by atoms with van der Waals surface area (Å²) in [6.45, 7) is 5.66. The van der Waals surface area contributed by atoms with Gasteiger partial charge in [-0.1, -0.05) is 80.6 Å². The zero-order chi connectivity index (χ0) is 22.2. The Labute approximate surface area is 189 Å². The molecule has 0 spiro atoms. The van der Waals surface area contributed by atoms with E-state index in [1.54, 1.807) is 0 Å². The van der Waals surface area contributed by atoms with Crippen molar-refractivity contribution in [1.29, 1.82) is 0 Å². The van der Waals surface area contributed by atoms with Crippen LogP contribution in [-0.2, 0) is 16.8 Å². The number of fused-ring (bicyclic) bond motifs is 3. The average molecular weight is 425 g/mol. The summed E-state index contributed by atoms with van der Waals surface area (Å²) in [5, 5.41) is 3.33. The SMILES string of the molecule is CC1(C)c2ccccc2N2CCC(=O)N[C@@]21/C=C/c1cccc(OCc2ccccc2)c1. The maximum absolute atomic E-state index is 12.5. The van der Waals surface area contributed by atoms with Gasteiger partial charge in [0.2, 0.25) is 5.91 Å². The first kappa shape index (κ1) is 20.4. The van der Waals surface area contributed by atoms with Crippen molar-refractivity contribution in [3.05, 3.63) is 102 Å². The van der Waals surface area contributed by atoms with Gasteiger partial charge in [-0.15, -0.1) is 0 Å². The third-order valence-electron chi connectivity index (χ3n) is 6.76. The highest BCUT2D eigenvalue weighted by Gasteiger charge is 2.57. The van der Waals surface area contributed by atoms with E-state index in [1.165, 1.54) is 11.3 Å². The summed E-state index contributed by atoms with van der Waals surface area (Å²) in [4.78, 5) is 14.9. The van der Waals surface area contributed by atoms with Crippen LogP contribution in [0, 0.1) is 0 Å². The Morgan fingerprint density at radius 2 is 1.78 bits per heavy atom. The summed E-state index contributed by atoms with van der Waals surface area (Å²) < 4.78 is 6.00. The molecule has 0 unspecified atom stereocenters. The highest BCUT2D eigenvalue weighted by Crippen LogP contribution is 2.52. The molecule has 162 valence electrons. The predicted molar refractivity (Wildman–Crippen MR) is 129 cm³/mol. The molecule has 2 heterocycles. The highest BCUT2D eigenvalue weighted by molar-refractivity contribution is 5.84. The zero-order valence-electron chi connectivity index (χ0n) is 18.5. The van der Waals surface area contributed by atoms with E-state index in [2.05, 4.69) is 78.7 Å². The van der Waals surface area contributed by atoms with Gasteiger partial charge in [0, 0.05) is 24.1 Å². The number of nitrogens with one attached hydrogen (secondary N) is 1. The van der Waals surface area contributed by atoms with Crippen molar-refractivity contribution in [2.24, 2.45) is 0 Å². The number of carbonyl (C=O) groups is 1. The maximum atomic E-state index is 12.5. The number of benzene rings is 3. The van der Waals surface area contributed by atoms with Crippen molar-refractivity contribution in [2.75, 3.05) is 11.4 Å². The molecule has 0 saturated carbocycles. The van der Waals surface area contributed by atoms with Crippen LogP contribution >= 0.6 is 0 Å². The van der Waals surface area contributed by atoms with Crippen LogP contribution in [0.2, 0.25) is 0 Å². The molecule has 0 aromatic heterocycles. The summed E-state index contributed by atoms with van der Waals surface area (Å²) in [5.41, 5.74) is 3.74. The van der Waals surface area contributed by atoms with Crippen molar-refractivity contribution >= 4 is 17.7 Å².